The Hall–Kier alpha value is -0.900. The average Bonchev–Trinajstić information content (AvgIpc) is 2.73. The van der Waals surface area contributed by atoms with E-state index in [9.17, 15) is 5.11 Å². The summed E-state index contributed by atoms with van der Waals surface area (Å²) in [4.78, 5) is 0. The Labute approximate surface area is 109 Å². The average molecular weight is 248 g/mol. The molecule has 3 nitrogen and oxygen atoms in total. The van der Waals surface area contributed by atoms with Crippen LogP contribution in [0.15, 0.2) is 30.3 Å². The van der Waals surface area contributed by atoms with E-state index in [2.05, 4.69) is 29.6 Å². The molecule has 0 bridgehead atoms. The Morgan fingerprint density at radius 1 is 1.28 bits per heavy atom. The molecule has 0 heterocycles. The summed E-state index contributed by atoms with van der Waals surface area (Å²) in [5.74, 6) is -1.26. The summed E-state index contributed by atoms with van der Waals surface area (Å²) in [6, 6.07) is 10.8. The molecule has 1 aromatic carbocycles. The second-order valence-corrected chi connectivity index (χ2v) is 5.52. The molecule has 1 fully saturated rings. The molecule has 2 atom stereocenters. The van der Waals surface area contributed by atoms with Gasteiger partial charge in [-0.15, -0.1) is 0 Å². The van der Waals surface area contributed by atoms with Crippen molar-refractivity contribution in [3.63, 3.8) is 0 Å². The lowest BCUT2D eigenvalue weighted by molar-refractivity contribution is -0.548. The molecular weight excluding hydrogens is 226 g/mol. The molecule has 1 saturated carbocycles. The van der Waals surface area contributed by atoms with Crippen LogP contribution in [-0.2, 0) is 11.3 Å². The standard InChI is InChI=1S/C15H22NO2/c1-15(2,17)18-14-9-8-13(10-14)16-11-12-6-4-3-5-7-12/h3-7,13-14,16H,8-11H2,1-2H3/q-1/t13-,14-/m1/s1. The van der Waals surface area contributed by atoms with E-state index >= 15 is 0 Å². The van der Waals surface area contributed by atoms with Crippen molar-refractivity contribution >= 4 is 0 Å². The maximum absolute atomic E-state index is 11.5. The molecule has 0 amide bonds. The molecule has 0 spiro atoms. The summed E-state index contributed by atoms with van der Waals surface area (Å²) in [5, 5.41) is 15.0. The molecule has 3 heteroatoms. The molecule has 0 saturated heterocycles. The Bertz CT molecular complexity index is 359. The smallest absolute Gasteiger partial charge is 0.0579 e. The van der Waals surface area contributed by atoms with Gasteiger partial charge in [-0.25, -0.2) is 0 Å². The van der Waals surface area contributed by atoms with Gasteiger partial charge >= 0.3 is 0 Å². The molecule has 0 aliphatic heterocycles. The van der Waals surface area contributed by atoms with E-state index in [0.29, 0.717) is 6.04 Å². The number of nitrogens with one attached hydrogen (secondary N) is 1. The summed E-state index contributed by atoms with van der Waals surface area (Å²) in [6.45, 7) is 4.05. The van der Waals surface area contributed by atoms with Crippen LogP contribution in [0.5, 0.6) is 0 Å². The molecule has 2 rings (SSSR count). The maximum Gasteiger partial charge on any atom is 0.0579 e. The zero-order chi connectivity index (χ0) is 13.0. The zero-order valence-corrected chi connectivity index (χ0v) is 11.2. The zero-order valence-electron chi connectivity index (χ0n) is 11.2. The molecule has 1 aliphatic rings. The van der Waals surface area contributed by atoms with Crippen molar-refractivity contribution in [2.24, 2.45) is 0 Å². The third kappa shape index (κ3) is 4.41. The molecule has 1 N–H and O–H groups in total. The fourth-order valence-electron chi connectivity index (χ4n) is 2.49. The van der Waals surface area contributed by atoms with E-state index in [-0.39, 0.29) is 6.10 Å². The minimum absolute atomic E-state index is 0.116. The van der Waals surface area contributed by atoms with Crippen LogP contribution in [0.2, 0.25) is 0 Å². The van der Waals surface area contributed by atoms with Crippen molar-refractivity contribution in [1.82, 2.24) is 5.32 Å². The molecule has 0 unspecified atom stereocenters. The quantitative estimate of drug-likeness (QED) is 0.808. The first-order valence-corrected chi connectivity index (χ1v) is 6.68. The highest BCUT2D eigenvalue weighted by atomic mass is 16.6. The minimum atomic E-state index is -1.26. The van der Waals surface area contributed by atoms with Gasteiger partial charge in [0, 0.05) is 12.6 Å². The van der Waals surface area contributed by atoms with Gasteiger partial charge in [0.05, 0.1) is 6.10 Å². The molecule has 1 aromatic rings. The van der Waals surface area contributed by atoms with Gasteiger partial charge in [-0.2, -0.15) is 0 Å². The van der Waals surface area contributed by atoms with Gasteiger partial charge in [-0.05, 0) is 30.6 Å². The highest BCUT2D eigenvalue weighted by Crippen LogP contribution is 2.24. The Balaban J connectivity index is 1.73. The second-order valence-electron chi connectivity index (χ2n) is 5.52. The fourth-order valence-corrected chi connectivity index (χ4v) is 2.49. The molecule has 0 radical (unpaired) electrons. The van der Waals surface area contributed by atoms with Gasteiger partial charge in [-0.1, -0.05) is 44.2 Å². The van der Waals surface area contributed by atoms with Crippen LogP contribution in [0.3, 0.4) is 0 Å². The first-order chi connectivity index (χ1) is 8.53. The van der Waals surface area contributed by atoms with E-state index in [4.69, 9.17) is 4.74 Å². The number of benzene rings is 1. The van der Waals surface area contributed by atoms with Crippen molar-refractivity contribution in [1.29, 1.82) is 0 Å². The Morgan fingerprint density at radius 2 is 2.00 bits per heavy atom. The molecule has 1 aliphatic carbocycles. The van der Waals surface area contributed by atoms with E-state index in [1.54, 1.807) is 13.8 Å². The summed E-state index contributed by atoms with van der Waals surface area (Å²) < 4.78 is 5.49. The predicted octanol–water partition coefficient (Wildman–Crippen LogP) is 1.81. The highest BCUT2D eigenvalue weighted by molar-refractivity contribution is 5.14. The van der Waals surface area contributed by atoms with Crippen LogP contribution in [0.4, 0.5) is 0 Å². The van der Waals surface area contributed by atoms with E-state index in [0.717, 1.165) is 25.8 Å². The van der Waals surface area contributed by atoms with Crippen LogP contribution < -0.4 is 10.4 Å². The molecular formula is C15H22NO2-. The van der Waals surface area contributed by atoms with E-state index < -0.39 is 5.79 Å². The van der Waals surface area contributed by atoms with E-state index in [1.807, 2.05) is 6.07 Å². The third-order valence-corrected chi connectivity index (χ3v) is 3.27. The summed E-state index contributed by atoms with van der Waals surface area (Å²) in [6.07, 6.45) is 3.13. The monoisotopic (exact) mass is 248 g/mol. The van der Waals surface area contributed by atoms with Gasteiger partial charge in [0.1, 0.15) is 0 Å². The topological polar surface area (TPSA) is 44.3 Å². The lowest BCUT2D eigenvalue weighted by atomic mass is 10.2. The first-order valence-electron chi connectivity index (χ1n) is 6.68. The van der Waals surface area contributed by atoms with Gasteiger partial charge in [0.15, 0.2) is 0 Å². The van der Waals surface area contributed by atoms with Crippen LogP contribution in [-0.4, -0.2) is 17.9 Å². The Kier molecular flexibility index (Phi) is 4.38. The Morgan fingerprint density at radius 3 is 2.67 bits per heavy atom. The van der Waals surface area contributed by atoms with Crippen LogP contribution in [0.1, 0.15) is 38.7 Å². The SMILES string of the molecule is CC(C)([O-])O[C@@H]1CC[C@@H](NCc2ccccc2)C1. The van der Waals surface area contributed by atoms with Crippen molar-refractivity contribution in [2.75, 3.05) is 0 Å². The van der Waals surface area contributed by atoms with Crippen LogP contribution >= 0.6 is 0 Å². The van der Waals surface area contributed by atoms with Gasteiger partial charge in [0.2, 0.25) is 0 Å². The number of ether oxygens (including phenoxy) is 1. The fraction of sp³-hybridized carbons (Fsp3) is 0.600. The van der Waals surface area contributed by atoms with Crippen molar-refractivity contribution in [2.45, 2.75) is 57.6 Å². The van der Waals surface area contributed by atoms with Crippen LogP contribution in [0, 0.1) is 0 Å². The minimum Gasteiger partial charge on any atom is -0.829 e. The third-order valence-electron chi connectivity index (χ3n) is 3.27. The summed E-state index contributed by atoms with van der Waals surface area (Å²) in [7, 11) is 0. The number of rotatable bonds is 5. The van der Waals surface area contributed by atoms with Gasteiger partial charge in [0.25, 0.3) is 0 Å². The molecule has 100 valence electrons. The van der Waals surface area contributed by atoms with Crippen molar-refractivity contribution in [3.05, 3.63) is 35.9 Å². The molecule has 0 aromatic heterocycles. The van der Waals surface area contributed by atoms with Crippen molar-refractivity contribution < 1.29 is 9.84 Å². The highest BCUT2D eigenvalue weighted by Gasteiger charge is 2.26. The summed E-state index contributed by atoms with van der Waals surface area (Å²) >= 11 is 0. The lowest BCUT2D eigenvalue weighted by Crippen LogP contribution is -2.42. The second kappa shape index (κ2) is 5.83. The molecule has 18 heavy (non-hydrogen) atoms. The van der Waals surface area contributed by atoms with Crippen LogP contribution in [0.25, 0.3) is 0 Å². The van der Waals surface area contributed by atoms with E-state index in [1.165, 1.54) is 5.56 Å². The maximum atomic E-state index is 11.5. The van der Waals surface area contributed by atoms with Gasteiger partial charge in [-0.3, -0.25) is 0 Å². The lowest BCUT2D eigenvalue weighted by Gasteiger charge is -2.35. The predicted molar refractivity (Wildman–Crippen MR) is 69.9 cm³/mol. The van der Waals surface area contributed by atoms with Crippen molar-refractivity contribution in [3.8, 4) is 0 Å². The normalized spacial score (nSPS) is 24.4. The first kappa shape index (κ1) is 13.5. The summed E-state index contributed by atoms with van der Waals surface area (Å²) in [5.41, 5.74) is 1.30. The number of hydrogen-bond donors (Lipinski definition) is 1. The largest absolute Gasteiger partial charge is 0.829 e. The van der Waals surface area contributed by atoms with Gasteiger partial charge < -0.3 is 15.2 Å². The number of hydrogen-bond acceptors (Lipinski definition) is 3.